The van der Waals surface area contributed by atoms with Crippen LogP contribution in [0.1, 0.15) is 12.5 Å². The molecule has 0 aliphatic heterocycles. The fourth-order valence-corrected chi connectivity index (χ4v) is 2.16. The summed E-state index contributed by atoms with van der Waals surface area (Å²) in [6.07, 6.45) is -4.61. The van der Waals surface area contributed by atoms with Gasteiger partial charge in [0.05, 0.1) is 11.3 Å². The number of nitrogens with one attached hydrogen (secondary N) is 1. The van der Waals surface area contributed by atoms with Gasteiger partial charge >= 0.3 is 6.18 Å². The lowest BCUT2D eigenvalue weighted by Gasteiger charge is -2.22. The van der Waals surface area contributed by atoms with Crippen molar-refractivity contribution in [2.75, 3.05) is 16.8 Å². The number of halogens is 5. The number of carbonyl (C=O) groups excluding carboxylic acids is 2. The highest BCUT2D eigenvalue weighted by molar-refractivity contribution is 6.01. The molecule has 0 atom stereocenters. The highest BCUT2D eigenvalue weighted by Crippen LogP contribution is 2.31. The Morgan fingerprint density at radius 1 is 1.08 bits per heavy atom. The van der Waals surface area contributed by atoms with Crippen LogP contribution in [0.3, 0.4) is 0 Å². The minimum Gasteiger partial charge on any atom is -0.322 e. The van der Waals surface area contributed by atoms with Crippen molar-refractivity contribution in [1.29, 1.82) is 0 Å². The summed E-state index contributed by atoms with van der Waals surface area (Å²) in [5, 5.41) is 2.14. The topological polar surface area (TPSA) is 49.4 Å². The van der Waals surface area contributed by atoms with Gasteiger partial charge in [-0.15, -0.1) is 0 Å². The van der Waals surface area contributed by atoms with Crippen molar-refractivity contribution in [3.8, 4) is 0 Å². The molecule has 0 heterocycles. The molecule has 0 aliphatic rings. The molecule has 0 unspecified atom stereocenters. The van der Waals surface area contributed by atoms with Crippen LogP contribution in [-0.4, -0.2) is 18.4 Å². The second kappa shape index (κ2) is 7.51. The SMILES string of the molecule is CC(=O)N(CC(=O)Nc1ccc(F)cc1F)c1cccc(C(F)(F)F)c1. The minimum absolute atomic E-state index is 0.137. The normalized spacial score (nSPS) is 11.2. The standard InChI is InChI=1S/C17H13F5N2O2/c1-10(25)24(13-4-2-3-11(7-13)17(20,21)22)9-16(26)23-15-6-5-12(18)8-14(15)19/h2-8H,9H2,1H3,(H,23,26). The van der Waals surface area contributed by atoms with Crippen LogP contribution in [0.2, 0.25) is 0 Å². The van der Waals surface area contributed by atoms with Crippen molar-refractivity contribution < 1.29 is 31.5 Å². The summed E-state index contributed by atoms with van der Waals surface area (Å²) in [6.45, 7) is 0.430. The summed E-state index contributed by atoms with van der Waals surface area (Å²) in [5.41, 5.74) is -1.43. The van der Waals surface area contributed by atoms with Gasteiger partial charge in [-0.25, -0.2) is 8.78 Å². The Balaban J connectivity index is 2.20. The van der Waals surface area contributed by atoms with Gasteiger partial charge in [0, 0.05) is 18.7 Å². The quantitative estimate of drug-likeness (QED) is 0.826. The molecule has 0 saturated heterocycles. The van der Waals surface area contributed by atoms with Gasteiger partial charge in [-0.2, -0.15) is 13.2 Å². The van der Waals surface area contributed by atoms with Gasteiger partial charge < -0.3 is 10.2 Å². The summed E-state index contributed by atoms with van der Waals surface area (Å²) in [5.74, 6) is -3.40. The van der Waals surface area contributed by atoms with Gasteiger partial charge in [0.2, 0.25) is 11.8 Å². The smallest absolute Gasteiger partial charge is 0.322 e. The second-order valence-electron chi connectivity index (χ2n) is 5.33. The number of hydrogen-bond donors (Lipinski definition) is 1. The minimum atomic E-state index is -4.61. The van der Waals surface area contributed by atoms with E-state index in [1.807, 2.05) is 0 Å². The Bertz CT molecular complexity index is 836. The molecule has 26 heavy (non-hydrogen) atoms. The fraction of sp³-hybridized carbons (Fsp3) is 0.176. The summed E-state index contributed by atoms with van der Waals surface area (Å²) < 4.78 is 64.8. The van der Waals surface area contributed by atoms with E-state index in [1.54, 1.807) is 0 Å². The molecule has 2 aromatic rings. The average Bonchev–Trinajstić information content (AvgIpc) is 2.54. The van der Waals surface area contributed by atoms with Crippen LogP contribution in [0.5, 0.6) is 0 Å². The van der Waals surface area contributed by atoms with E-state index in [9.17, 15) is 31.5 Å². The lowest BCUT2D eigenvalue weighted by Crippen LogP contribution is -2.37. The molecule has 2 aromatic carbocycles. The monoisotopic (exact) mass is 372 g/mol. The molecule has 4 nitrogen and oxygen atoms in total. The van der Waals surface area contributed by atoms with Gasteiger partial charge in [0.25, 0.3) is 0 Å². The Hall–Kier alpha value is -2.97. The van der Waals surface area contributed by atoms with E-state index in [2.05, 4.69) is 5.32 Å². The zero-order chi connectivity index (χ0) is 19.5. The van der Waals surface area contributed by atoms with E-state index in [1.165, 1.54) is 6.07 Å². The average molecular weight is 372 g/mol. The molecule has 9 heteroatoms. The molecule has 0 fully saturated rings. The first kappa shape index (κ1) is 19.4. The van der Waals surface area contributed by atoms with Crippen molar-refractivity contribution in [3.05, 3.63) is 59.7 Å². The molecule has 0 aliphatic carbocycles. The van der Waals surface area contributed by atoms with E-state index >= 15 is 0 Å². The summed E-state index contributed by atoms with van der Waals surface area (Å²) in [7, 11) is 0. The van der Waals surface area contributed by atoms with Crippen LogP contribution >= 0.6 is 0 Å². The maximum absolute atomic E-state index is 13.6. The number of rotatable bonds is 4. The van der Waals surface area contributed by atoms with E-state index in [4.69, 9.17) is 0 Å². The van der Waals surface area contributed by atoms with Crippen LogP contribution in [0.25, 0.3) is 0 Å². The molecule has 0 bridgehead atoms. The van der Waals surface area contributed by atoms with Crippen molar-refractivity contribution in [2.45, 2.75) is 13.1 Å². The molecule has 1 N–H and O–H groups in total. The number of benzene rings is 2. The molecule has 2 rings (SSSR count). The maximum Gasteiger partial charge on any atom is 0.416 e. The van der Waals surface area contributed by atoms with Crippen LogP contribution < -0.4 is 10.2 Å². The fourth-order valence-electron chi connectivity index (χ4n) is 2.16. The number of alkyl halides is 3. The van der Waals surface area contributed by atoms with Gasteiger partial charge in [-0.3, -0.25) is 9.59 Å². The molecule has 138 valence electrons. The van der Waals surface area contributed by atoms with E-state index in [-0.39, 0.29) is 11.4 Å². The van der Waals surface area contributed by atoms with Crippen molar-refractivity contribution in [1.82, 2.24) is 0 Å². The maximum atomic E-state index is 13.6. The molecule has 0 saturated carbocycles. The second-order valence-corrected chi connectivity index (χ2v) is 5.33. The number of carbonyl (C=O) groups is 2. The third-order valence-corrected chi connectivity index (χ3v) is 3.37. The Kier molecular flexibility index (Phi) is 5.59. The zero-order valence-corrected chi connectivity index (χ0v) is 13.4. The van der Waals surface area contributed by atoms with Crippen LogP contribution in [0.4, 0.5) is 33.3 Å². The summed E-state index contributed by atoms with van der Waals surface area (Å²) in [6, 6.07) is 6.38. The lowest BCUT2D eigenvalue weighted by molar-refractivity contribution is -0.137. The molecular weight excluding hydrogens is 359 g/mol. The zero-order valence-electron chi connectivity index (χ0n) is 13.4. The molecule has 0 spiro atoms. The first-order valence-electron chi connectivity index (χ1n) is 7.28. The van der Waals surface area contributed by atoms with Crippen molar-refractivity contribution in [2.24, 2.45) is 0 Å². The van der Waals surface area contributed by atoms with Gasteiger partial charge in [-0.05, 0) is 30.3 Å². The highest BCUT2D eigenvalue weighted by atomic mass is 19.4. The van der Waals surface area contributed by atoms with Crippen molar-refractivity contribution in [3.63, 3.8) is 0 Å². The Morgan fingerprint density at radius 2 is 1.77 bits per heavy atom. The molecule has 0 radical (unpaired) electrons. The van der Waals surface area contributed by atoms with Gasteiger partial charge in [0.1, 0.15) is 18.2 Å². The van der Waals surface area contributed by atoms with Crippen molar-refractivity contribution >= 4 is 23.2 Å². The number of hydrogen-bond acceptors (Lipinski definition) is 2. The highest BCUT2D eigenvalue weighted by Gasteiger charge is 2.31. The Morgan fingerprint density at radius 3 is 2.35 bits per heavy atom. The molecule has 2 amide bonds. The predicted octanol–water partition coefficient (Wildman–Crippen LogP) is 3.98. The lowest BCUT2D eigenvalue weighted by atomic mass is 10.1. The van der Waals surface area contributed by atoms with Crippen LogP contribution in [0, 0.1) is 11.6 Å². The predicted molar refractivity (Wildman–Crippen MR) is 84.5 cm³/mol. The summed E-state index contributed by atoms with van der Waals surface area (Å²) >= 11 is 0. The van der Waals surface area contributed by atoms with Crippen LogP contribution in [0.15, 0.2) is 42.5 Å². The molecular formula is C17H13F5N2O2. The Labute approximate surface area is 145 Å². The number of amides is 2. The van der Waals surface area contributed by atoms with E-state index < -0.39 is 41.7 Å². The largest absolute Gasteiger partial charge is 0.416 e. The first-order valence-corrected chi connectivity index (χ1v) is 7.28. The third kappa shape index (κ3) is 4.78. The van der Waals surface area contributed by atoms with E-state index in [0.717, 1.165) is 42.2 Å². The first-order chi connectivity index (χ1) is 12.1. The van der Waals surface area contributed by atoms with Crippen LogP contribution in [-0.2, 0) is 15.8 Å². The van der Waals surface area contributed by atoms with E-state index in [0.29, 0.717) is 6.07 Å². The van der Waals surface area contributed by atoms with Gasteiger partial charge in [0.15, 0.2) is 0 Å². The number of anilines is 2. The van der Waals surface area contributed by atoms with Gasteiger partial charge in [-0.1, -0.05) is 6.07 Å². The molecule has 0 aromatic heterocycles. The summed E-state index contributed by atoms with van der Waals surface area (Å²) in [4.78, 5) is 24.6. The third-order valence-electron chi connectivity index (χ3n) is 3.37. The number of nitrogens with zero attached hydrogens (tertiary/aromatic N) is 1.